The van der Waals surface area contributed by atoms with Crippen LogP contribution in [-0.2, 0) is 14.8 Å². The topological polar surface area (TPSA) is 69.7 Å². The van der Waals surface area contributed by atoms with Crippen molar-refractivity contribution < 1.29 is 13.2 Å². The second kappa shape index (κ2) is 6.72. The Hall–Kier alpha value is -1.51. The molecule has 0 atom stereocenters. The summed E-state index contributed by atoms with van der Waals surface area (Å²) >= 11 is 5.33. The third-order valence-corrected chi connectivity index (χ3v) is 5.64. The lowest BCUT2D eigenvalue weighted by molar-refractivity contribution is -0.120. The van der Waals surface area contributed by atoms with Crippen molar-refractivity contribution in [1.82, 2.24) is 9.21 Å². The smallest absolute Gasteiger partial charge is 0.242 e. The second-order valence-corrected chi connectivity index (χ2v) is 7.81. The van der Waals surface area contributed by atoms with Crippen LogP contribution in [0.1, 0.15) is 12.8 Å². The Morgan fingerprint density at radius 1 is 1.27 bits per heavy atom. The number of benzene rings is 1. The highest BCUT2D eigenvalue weighted by atomic mass is 32.2. The van der Waals surface area contributed by atoms with Crippen molar-refractivity contribution in [3.63, 3.8) is 0 Å². The van der Waals surface area contributed by atoms with Crippen LogP contribution in [0.15, 0.2) is 29.2 Å². The molecule has 0 unspecified atom stereocenters. The first kappa shape index (κ1) is 16.9. The second-order valence-electron chi connectivity index (χ2n) is 5.27. The maximum atomic E-state index is 12.1. The van der Waals surface area contributed by atoms with E-state index in [2.05, 4.69) is 5.32 Å². The molecule has 0 bridgehead atoms. The molecule has 1 N–H and O–H groups in total. The van der Waals surface area contributed by atoms with Gasteiger partial charge in [0.2, 0.25) is 10.0 Å². The van der Waals surface area contributed by atoms with Gasteiger partial charge in [-0.25, -0.2) is 12.7 Å². The van der Waals surface area contributed by atoms with Crippen LogP contribution in [0.4, 0.5) is 5.69 Å². The minimum atomic E-state index is -3.48. The normalized spacial score (nSPS) is 16.0. The van der Waals surface area contributed by atoms with E-state index in [1.807, 2.05) is 4.90 Å². The number of likely N-dealkylation sites (tertiary alicyclic amines) is 1. The molecule has 1 heterocycles. The van der Waals surface area contributed by atoms with E-state index in [0.29, 0.717) is 36.7 Å². The summed E-state index contributed by atoms with van der Waals surface area (Å²) in [6.07, 6.45) is 0.994. The Labute approximate surface area is 136 Å². The fourth-order valence-electron chi connectivity index (χ4n) is 2.11. The summed E-state index contributed by atoms with van der Waals surface area (Å²) in [5.74, 6) is 0.248. The number of hydrogen-bond donors (Lipinski definition) is 1. The number of hydrogen-bond acceptors (Lipinski definition) is 4. The molecule has 8 heteroatoms. The molecule has 1 saturated heterocycles. The third kappa shape index (κ3) is 3.82. The summed E-state index contributed by atoms with van der Waals surface area (Å²) < 4.78 is 25.4. The number of anilines is 1. The minimum absolute atomic E-state index is 0.208. The van der Waals surface area contributed by atoms with Gasteiger partial charge in [0.15, 0.2) is 5.11 Å². The van der Waals surface area contributed by atoms with Gasteiger partial charge in [0.05, 0.1) is 4.90 Å². The first-order valence-electron chi connectivity index (χ1n) is 6.91. The molecular weight excluding hydrogens is 322 g/mol. The van der Waals surface area contributed by atoms with Gasteiger partial charge in [-0.05, 0) is 30.4 Å². The van der Waals surface area contributed by atoms with E-state index in [9.17, 15) is 13.2 Å². The van der Waals surface area contributed by atoms with E-state index in [1.54, 1.807) is 24.3 Å². The van der Waals surface area contributed by atoms with Gasteiger partial charge >= 0.3 is 0 Å². The van der Waals surface area contributed by atoms with Crippen LogP contribution < -0.4 is 5.32 Å². The summed E-state index contributed by atoms with van der Waals surface area (Å²) in [5.41, 5.74) is 0.616. The van der Waals surface area contributed by atoms with Crippen LogP contribution in [0.5, 0.6) is 0 Å². The largest absolute Gasteiger partial charge is 0.348 e. The lowest BCUT2D eigenvalue weighted by Crippen LogP contribution is -2.41. The summed E-state index contributed by atoms with van der Waals surface area (Å²) in [6.45, 7) is 1.20. The first-order valence-corrected chi connectivity index (χ1v) is 8.76. The molecule has 0 spiro atoms. The zero-order valence-corrected chi connectivity index (χ0v) is 14.2. The first-order chi connectivity index (χ1) is 10.3. The Morgan fingerprint density at radius 3 is 2.50 bits per heavy atom. The van der Waals surface area contributed by atoms with E-state index in [4.69, 9.17) is 12.2 Å². The molecule has 120 valence electrons. The number of thiocarbonyl (C=S) groups is 1. The quantitative estimate of drug-likeness (QED) is 0.836. The zero-order chi connectivity index (χ0) is 16.3. The number of ketones is 1. The SMILES string of the molecule is CN(C)S(=O)(=O)c1cccc(NC(=S)N2CCC(=O)CC2)c1. The van der Waals surface area contributed by atoms with E-state index < -0.39 is 10.0 Å². The molecule has 1 aromatic rings. The van der Waals surface area contributed by atoms with Crippen molar-refractivity contribution >= 4 is 38.8 Å². The van der Waals surface area contributed by atoms with Gasteiger partial charge in [-0.3, -0.25) is 4.79 Å². The van der Waals surface area contributed by atoms with Crippen LogP contribution in [0.3, 0.4) is 0 Å². The van der Waals surface area contributed by atoms with Crippen molar-refractivity contribution in [3.05, 3.63) is 24.3 Å². The third-order valence-electron chi connectivity index (χ3n) is 3.47. The predicted molar refractivity (Wildman–Crippen MR) is 89.3 cm³/mol. The molecule has 1 aliphatic heterocycles. The van der Waals surface area contributed by atoms with Gasteiger partial charge in [0, 0.05) is 45.7 Å². The molecule has 0 saturated carbocycles. The van der Waals surface area contributed by atoms with E-state index in [1.165, 1.54) is 18.4 Å². The number of nitrogens with zero attached hydrogens (tertiary/aromatic N) is 2. The number of carbonyl (C=O) groups is 1. The highest BCUT2D eigenvalue weighted by Gasteiger charge is 2.20. The molecule has 0 amide bonds. The predicted octanol–water partition coefficient (Wildman–Crippen LogP) is 1.30. The van der Waals surface area contributed by atoms with Gasteiger partial charge in [0.1, 0.15) is 5.78 Å². The molecule has 1 aromatic carbocycles. The van der Waals surface area contributed by atoms with E-state index >= 15 is 0 Å². The number of rotatable bonds is 3. The monoisotopic (exact) mass is 341 g/mol. The maximum absolute atomic E-state index is 12.1. The van der Waals surface area contributed by atoms with Gasteiger partial charge in [0.25, 0.3) is 0 Å². The van der Waals surface area contributed by atoms with Crippen LogP contribution in [-0.4, -0.2) is 55.7 Å². The van der Waals surface area contributed by atoms with Gasteiger partial charge in [-0.2, -0.15) is 0 Å². The lowest BCUT2D eigenvalue weighted by atomic mass is 10.1. The highest BCUT2D eigenvalue weighted by Crippen LogP contribution is 2.19. The van der Waals surface area contributed by atoms with Gasteiger partial charge < -0.3 is 10.2 Å². The standard InChI is InChI=1S/C14H19N3O3S2/c1-16(2)22(19,20)13-5-3-4-11(10-13)15-14(21)17-8-6-12(18)7-9-17/h3-5,10H,6-9H2,1-2H3,(H,15,21). The maximum Gasteiger partial charge on any atom is 0.242 e. The van der Waals surface area contributed by atoms with Crippen LogP contribution in [0.25, 0.3) is 0 Å². The Kier molecular flexibility index (Phi) is 5.15. The average molecular weight is 341 g/mol. The van der Waals surface area contributed by atoms with E-state index in [0.717, 1.165) is 0 Å². The summed E-state index contributed by atoms with van der Waals surface area (Å²) in [4.78, 5) is 13.4. The molecule has 6 nitrogen and oxygen atoms in total. The molecule has 0 aromatic heterocycles. The Balaban J connectivity index is 2.11. The van der Waals surface area contributed by atoms with Crippen LogP contribution >= 0.6 is 12.2 Å². The molecule has 0 radical (unpaired) electrons. The van der Waals surface area contributed by atoms with Crippen LogP contribution in [0, 0.1) is 0 Å². The number of Topliss-reactive ketones (excluding diaryl/α,β-unsaturated/α-hetero) is 1. The number of piperidine rings is 1. The van der Waals surface area contributed by atoms with Crippen molar-refractivity contribution in [2.75, 3.05) is 32.5 Å². The van der Waals surface area contributed by atoms with Crippen LogP contribution in [0.2, 0.25) is 0 Å². The molecule has 1 fully saturated rings. The molecule has 1 aliphatic rings. The summed E-state index contributed by atoms with van der Waals surface area (Å²) in [7, 11) is -0.494. The van der Waals surface area contributed by atoms with Crippen molar-refractivity contribution in [2.45, 2.75) is 17.7 Å². The Morgan fingerprint density at radius 2 is 1.91 bits per heavy atom. The van der Waals surface area contributed by atoms with Crippen molar-refractivity contribution in [2.24, 2.45) is 0 Å². The highest BCUT2D eigenvalue weighted by molar-refractivity contribution is 7.89. The molecule has 22 heavy (non-hydrogen) atoms. The van der Waals surface area contributed by atoms with Crippen molar-refractivity contribution in [1.29, 1.82) is 0 Å². The summed E-state index contributed by atoms with van der Waals surface area (Å²) in [6, 6.07) is 6.52. The minimum Gasteiger partial charge on any atom is -0.348 e. The number of carbonyl (C=O) groups excluding carboxylic acids is 1. The lowest BCUT2D eigenvalue weighted by Gasteiger charge is -2.28. The van der Waals surface area contributed by atoms with E-state index in [-0.39, 0.29) is 10.7 Å². The number of nitrogens with one attached hydrogen (secondary N) is 1. The molecule has 2 rings (SSSR count). The average Bonchev–Trinajstić information content (AvgIpc) is 2.48. The zero-order valence-electron chi connectivity index (χ0n) is 12.6. The van der Waals surface area contributed by atoms with Gasteiger partial charge in [-0.1, -0.05) is 6.07 Å². The molecule has 0 aliphatic carbocycles. The van der Waals surface area contributed by atoms with Crippen molar-refractivity contribution in [3.8, 4) is 0 Å². The fraction of sp³-hybridized carbons (Fsp3) is 0.429. The number of sulfonamides is 1. The fourth-order valence-corrected chi connectivity index (χ4v) is 3.36. The Bertz CT molecular complexity index is 676. The van der Waals surface area contributed by atoms with Gasteiger partial charge in [-0.15, -0.1) is 0 Å². The summed E-state index contributed by atoms with van der Waals surface area (Å²) in [5, 5.41) is 3.55. The molecular formula is C14H19N3O3S2.